The monoisotopic (exact) mass is 471 g/mol. The van der Waals surface area contributed by atoms with E-state index in [9.17, 15) is 19.2 Å². The molecular weight excluding hydrogens is 446 g/mol. The van der Waals surface area contributed by atoms with Crippen LogP contribution in [0.4, 0.5) is 10.5 Å². The van der Waals surface area contributed by atoms with Crippen LogP contribution in [0.25, 0.3) is 0 Å². The molecule has 0 atom stereocenters. The topological polar surface area (TPSA) is 134 Å². The minimum absolute atomic E-state index is 0.221. The molecule has 0 aliphatic carbocycles. The molecule has 0 aromatic heterocycles. The fourth-order valence-electron chi connectivity index (χ4n) is 3.52. The Labute approximate surface area is 196 Å². The Morgan fingerprint density at radius 2 is 1.64 bits per heavy atom. The summed E-state index contributed by atoms with van der Waals surface area (Å²) in [7, 11) is 0. The Kier molecular flexibility index (Phi) is 8.26. The van der Waals surface area contributed by atoms with Crippen molar-refractivity contribution in [2.45, 2.75) is 19.4 Å². The third kappa shape index (κ3) is 6.95. The number of hydrogen-bond acceptors (Lipinski definition) is 4. The van der Waals surface area contributed by atoms with Crippen LogP contribution in [-0.4, -0.2) is 48.3 Å². The fourth-order valence-corrected chi connectivity index (χ4v) is 3.64. The highest BCUT2D eigenvalue weighted by Crippen LogP contribution is 2.22. The number of nitrogens with zero attached hydrogens (tertiary/aromatic N) is 1. The summed E-state index contributed by atoms with van der Waals surface area (Å²) in [5.41, 5.74) is 6.92. The number of urea groups is 1. The van der Waals surface area contributed by atoms with Crippen LogP contribution in [0.1, 0.15) is 28.8 Å². The highest BCUT2D eigenvalue weighted by Gasteiger charge is 2.27. The number of amides is 5. The maximum Gasteiger partial charge on any atom is 0.315 e. The van der Waals surface area contributed by atoms with Gasteiger partial charge in [-0.05, 0) is 42.7 Å². The number of halogens is 1. The lowest BCUT2D eigenvalue weighted by Gasteiger charge is -2.31. The van der Waals surface area contributed by atoms with E-state index in [0.717, 1.165) is 5.56 Å². The second-order valence-corrected chi connectivity index (χ2v) is 8.16. The maximum atomic E-state index is 13.0. The van der Waals surface area contributed by atoms with Crippen molar-refractivity contribution < 1.29 is 19.2 Å². The molecule has 1 saturated heterocycles. The molecule has 5 amide bonds. The zero-order valence-corrected chi connectivity index (χ0v) is 18.7. The average molecular weight is 472 g/mol. The third-order valence-corrected chi connectivity index (χ3v) is 5.64. The molecule has 2 aromatic rings. The van der Waals surface area contributed by atoms with Gasteiger partial charge in [0, 0.05) is 30.6 Å². The minimum atomic E-state index is -0.498. The molecule has 3 rings (SSSR count). The highest BCUT2D eigenvalue weighted by atomic mass is 35.5. The molecule has 10 heteroatoms. The summed E-state index contributed by atoms with van der Waals surface area (Å²) in [4.78, 5) is 50.3. The van der Waals surface area contributed by atoms with Crippen LogP contribution in [0.15, 0.2) is 48.5 Å². The van der Waals surface area contributed by atoms with Gasteiger partial charge >= 0.3 is 6.03 Å². The van der Waals surface area contributed by atoms with Crippen LogP contribution in [0.2, 0.25) is 5.02 Å². The number of carbonyl (C=O) groups is 4. The Balaban J connectivity index is 1.50. The summed E-state index contributed by atoms with van der Waals surface area (Å²) in [6.45, 7) is 0.863. The van der Waals surface area contributed by atoms with Crippen LogP contribution in [0.5, 0.6) is 0 Å². The first-order valence-electron chi connectivity index (χ1n) is 10.6. The predicted octanol–water partition coefficient (Wildman–Crippen LogP) is 2.12. The van der Waals surface area contributed by atoms with Gasteiger partial charge in [-0.3, -0.25) is 14.4 Å². The summed E-state index contributed by atoms with van der Waals surface area (Å²) in [6.07, 6.45) is 1.04. The van der Waals surface area contributed by atoms with Crippen molar-refractivity contribution >= 4 is 41.0 Å². The molecule has 0 radical (unpaired) electrons. The number of carbonyl (C=O) groups excluding carboxylic acids is 4. The number of likely N-dealkylation sites (tertiary alicyclic amines) is 1. The molecule has 0 spiro atoms. The second kappa shape index (κ2) is 11.3. The number of anilines is 1. The van der Waals surface area contributed by atoms with Gasteiger partial charge < -0.3 is 26.6 Å². The molecule has 0 saturated carbocycles. The van der Waals surface area contributed by atoms with E-state index >= 15 is 0 Å². The van der Waals surface area contributed by atoms with Crippen molar-refractivity contribution in [1.82, 2.24) is 15.5 Å². The first kappa shape index (κ1) is 24.1. The van der Waals surface area contributed by atoms with Gasteiger partial charge in [0.25, 0.3) is 5.91 Å². The van der Waals surface area contributed by atoms with Gasteiger partial charge in [-0.25, -0.2) is 4.79 Å². The Morgan fingerprint density at radius 3 is 2.30 bits per heavy atom. The van der Waals surface area contributed by atoms with Crippen LogP contribution < -0.4 is 21.7 Å². The lowest BCUT2D eigenvalue weighted by atomic mass is 9.95. The van der Waals surface area contributed by atoms with Gasteiger partial charge in [-0.1, -0.05) is 35.9 Å². The van der Waals surface area contributed by atoms with E-state index in [1.807, 2.05) is 0 Å². The van der Waals surface area contributed by atoms with Gasteiger partial charge in [-0.15, -0.1) is 0 Å². The number of benzene rings is 2. The number of hydrogen-bond donors (Lipinski definition) is 4. The van der Waals surface area contributed by atoms with Crippen LogP contribution >= 0.6 is 11.6 Å². The number of primary amides is 1. The third-order valence-electron chi connectivity index (χ3n) is 5.39. The Morgan fingerprint density at radius 1 is 0.970 bits per heavy atom. The van der Waals surface area contributed by atoms with E-state index in [4.69, 9.17) is 17.3 Å². The molecule has 9 nitrogen and oxygen atoms in total. The molecule has 33 heavy (non-hydrogen) atoms. The molecule has 174 valence electrons. The average Bonchev–Trinajstić information content (AvgIpc) is 2.82. The Hall–Kier alpha value is -3.59. The van der Waals surface area contributed by atoms with Gasteiger partial charge in [0.1, 0.15) is 0 Å². The SMILES string of the molecule is NC(=O)C1CCN(C(=O)c2ccccc2NC(=O)CNC(=O)NCc2ccc(Cl)cc2)CC1. The van der Waals surface area contributed by atoms with Crippen molar-refractivity contribution in [3.8, 4) is 0 Å². The lowest BCUT2D eigenvalue weighted by Crippen LogP contribution is -2.42. The molecule has 0 bridgehead atoms. The number of piperidine rings is 1. The van der Waals surface area contributed by atoms with Crippen molar-refractivity contribution in [1.29, 1.82) is 0 Å². The molecule has 1 aliphatic rings. The first-order valence-corrected chi connectivity index (χ1v) is 10.9. The van der Waals surface area contributed by atoms with Crippen LogP contribution in [0, 0.1) is 5.92 Å². The Bertz CT molecular complexity index is 1020. The fraction of sp³-hybridized carbons (Fsp3) is 0.304. The molecule has 2 aromatic carbocycles. The highest BCUT2D eigenvalue weighted by molar-refractivity contribution is 6.30. The number of rotatable bonds is 7. The second-order valence-electron chi connectivity index (χ2n) is 7.73. The quantitative estimate of drug-likeness (QED) is 0.492. The van der Waals surface area contributed by atoms with Gasteiger partial charge in [0.15, 0.2) is 0 Å². The van der Waals surface area contributed by atoms with E-state index in [1.54, 1.807) is 53.4 Å². The van der Waals surface area contributed by atoms with E-state index in [0.29, 0.717) is 42.2 Å². The van der Waals surface area contributed by atoms with Gasteiger partial charge in [0.2, 0.25) is 11.8 Å². The van der Waals surface area contributed by atoms with Crippen molar-refractivity contribution in [3.05, 3.63) is 64.7 Å². The maximum absolute atomic E-state index is 13.0. The van der Waals surface area contributed by atoms with Crippen molar-refractivity contribution in [2.24, 2.45) is 11.7 Å². The summed E-state index contributed by atoms with van der Waals surface area (Å²) in [5.74, 6) is -1.27. The largest absolute Gasteiger partial charge is 0.369 e. The first-order chi connectivity index (χ1) is 15.8. The number of para-hydroxylation sites is 1. The van der Waals surface area contributed by atoms with E-state index in [2.05, 4.69) is 16.0 Å². The molecule has 1 heterocycles. The molecule has 0 unspecified atom stereocenters. The van der Waals surface area contributed by atoms with E-state index in [1.165, 1.54) is 0 Å². The zero-order chi connectivity index (χ0) is 23.8. The number of nitrogens with two attached hydrogens (primary N) is 1. The van der Waals surface area contributed by atoms with Crippen LogP contribution in [-0.2, 0) is 16.1 Å². The van der Waals surface area contributed by atoms with Crippen molar-refractivity contribution in [2.75, 3.05) is 25.0 Å². The van der Waals surface area contributed by atoms with Gasteiger partial charge in [-0.2, -0.15) is 0 Å². The summed E-state index contributed by atoms with van der Waals surface area (Å²) >= 11 is 5.83. The summed E-state index contributed by atoms with van der Waals surface area (Å²) < 4.78 is 0. The van der Waals surface area contributed by atoms with Gasteiger partial charge in [0.05, 0.1) is 17.8 Å². The normalized spacial score (nSPS) is 13.8. The standard InChI is InChI=1S/C23H26ClN5O4/c24-17-7-5-15(6-8-17)13-26-23(33)27-14-20(30)28-19-4-2-1-3-18(19)22(32)29-11-9-16(10-12-29)21(25)31/h1-8,16H,9-14H2,(H2,25,31)(H,28,30)(H2,26,27,33). The summed E-state index contributed by atoms with van der Waals surface area (Å²) in [5, 5.41) is 8.42. The number of nitrogens with one attached hydrogen (secondary N) is 3. The van der Waals surface area contributed by atoms with E-state index in [-0.39, 0.29) is 30.8 Å². The molecule has 5 N–H and O–H groups in total. The molecule has 1 fully saturated rings. The lowest BCUT2D eigenvalue weighted by molar-refractivity contribution is -0.123. The minimum Gasteiger partial charge on any atom is -0.369 e. The smallest absolute Gasteiger partial charge is 0.315 e. The van der Waals surface area contributed by atoms with Crippen molar-refractivity contribution in [3.63, 3.8) is 0 Å². The summed E-state index contributed by atoms with van der Waals surface area (Å²) in [6, 6.07) is 13.2. The van der Waals surface area contributed by atoms with E-state index < -0.39 is 11.9 Å². The zero-order valence-electron chi connectivity index (χ0n) is 18.0. The predicted molar refractivity (Wildman–Crippen MR) is 125 cm³/mol. The molecule has 1 aliphatic heterocycles. The van der Waals surface area contributed by atoms with Crippen LogP contribution in [0.3, 0.4) is 0 Å². The molecular formula is C23H26ClN5O4.